The van der Waals surface area contributed by atoms with Gasteiger partial charge in [0.25, 0.3) is 0 Å². The Balaban J connectivity index is 1.48. The smallest absolute Gasteiger partial charge is 0.225 e. The van der Waals surface area contributed by atoms with Crippen LogP contribution in [0.2, 0.25) is 0 Å². The highest BCUT2D eigenvalue weighted by Crippen LogP contribution is 2.39. The fraction of sp³-hybridized carbons (Fsp3) is 0.556. The van der Waals surface area contributed by atoms with Crippen molar-refractivity contribution < 1.29 is 14.3 Å². The Morgan fingerprint density at radius 3 is 2.75 bits per heavy atom. The van der Waals surface area contributed by atoms with Crippen molar-refractivity contribution in [2.45, 2.75) is 30.8 Å². The summed E-state index contributed by atoms with van der Waals surface area (Å²) in [6, 6.07) is 10.1. The number of nitrogens with two attached hydrogens (primary N) is 1. The van der Waals surface area contributed by atoms with Crippen molar-refractivity contribution in [1.29, 1.82) is 0 Å². The minimum absolute atomic E-state index is 0.0262. The lowest BCUT2D eigenvalue weighted by Gasteiger charge is -2.45. The van der Waals surface area contributed by atoms with Crippen molar-refractivity contribution >= 4 is 11.8 Å². The minimum Gasteiger partial charge on any atom is -0.383 e. The summed E-state index contributed by atoms with van der Waals surface area (Å²) in [5, 5.41) is 3.05. The van der Waals surface area contributed by atoms with E-state index in [9.17, 15) is 9.59 Å². The van der Waals surface area contributed by atoms with E-state index in [1.165, 1.54) is 0 Å². The lowest BCUT2D eigenvalue weighted by molar-refractivity contribution is -0.129. The van der Waals surface area contributed by atoms with Gasteiger partial charge in [0.2, 0.25) is 11.8 Å². The van der Waals surface area contributed by atoms with Crippen LogP contribution < -0.4 is 11.1 Å². The molecule has 3 rings (SSSR count). The van der Waals surface area contributed by atoms with E-state index in [1.807, 2.05) is 30.3 Å². The number of hydrogen-bond donors (Lipinski definition) is 2. The molecule has 1 aromatic carbocycles. The Labute approximate surface area is 142 Å². The Morgan fingerprint density at radius 2 is 2.08 bits per heavy atom. The van der Waals surface area contributed by atoms with E-state index in [2.05, 4.69) is 5.32 Å². The molecule has 1 aliphatic carbocycles. The number of ether oxygens (including phenoxy) is 1. The minimum atomic E-state index is -0.352. The molecule has 1 unspecified atom stereocenters. The van der Waals surface area contributed by atoms with E-state index in [1.54, 1.807) is 12.0 Å². The van der Waals surface area contributed by atoms with E-state index in [0.29, 0.717) is 19.7 Å². The first-order valence-corrected chi connectivity index (χ1v) is 8.43. The summed E-state index contributed by atoms with van der Waals surface area (Å²) in [7, 11) is 1.60. The zero-order valence-electron chi connectivity index (χ0n) is 14.0. The molecule has 2 fully saturated rings. The molecule has 1 heterocycles. The third-order valence-corrected chi connectivity index (χ3v) is 5.07. The number of nitrogens with zero attached hydrogens (tertiary/aromatic N) is 1. The van der Waals surface area contributed by atoms with Crippen molar-refractivity contribution in [2.75, 3.05) is 26.8 Å². The van der Waals surface area contributed by atoms with Crippen molar-refractivity contribution in [3.63, 3.8) is 0 Å². The number of carbonyl (C=O) groups is 2. The summed E-state index contributed by atoms with van der Waals surface area (Å²) in [4.78, 5) is 26.0. The maximum Gasteiger partial charge on any atom is 0.225 e. The zero-order chi connectivity index (χ0) is 17.2. The predicted octanol–water partition coefficient (Wildman–Crippen LogP) is 0.614. The highest BCUT2D eigenvalue weighted by Gasteiger charge is 2.44. The van der Waals surface area contributed by atoms with Gasteiger partial charge in [0.15, 0.2) is 0 Å². The molecule has 0 radical (unpaired) electrons. The molecule has 1 aliphatic heterocycles. The number of likely N-dealkylation sites (tertiary alicyclic amines) is 1. The second-order valence-corrected chi connectivity index (χ2v) is 6.87. The quantitative estimate of drug-likeness (QED) is 0.800. The SMILES string of the molecule is COCCN1CC(C(=O)NC2CC(N)(c3ccccc3)C2)CC1=O. The molecule has 6 nitrogen and oxygen atoms in total. The van der Waals surface area contributed by atoms with Crippen LogP contribution >= 0.6 is 0 Å². The van der Waals surface area contributed by atoms with Crippen LogP contribution in [0.5, 0.6) is 0 Å². The van der Waals surface area contributed by atoms with Crippen LogP contribution in [0.3, 0.4) is 0 Å². The summed E-state index contributed by atoms with van der Waals surface area (Å²) in [6.07, 6.45) is 1.75. The van der Waals surface area contributed by atoms with Gasteiger partial charge in [-0.05, 0) is 18.4 Å². The molecule has 1 aromatic rings. The van der Waals surface area contributed by atoms with E-state index >= 15 is 0 Å². The molecule has 130 valence electrons. The Kier molecular flexibility index (Phi) is 4.87. The lowest BCUT2D eigenvalue weighted by Crippen LogP contribution is -2.58. The average molecular weight is 331 g/mol. The van der Waals surface area contributed by atoms with Crippen LogP contribution in [-0.4, -0.2) is 49.6 Å². The first kappa shape index (κ1) is 16.9. The number of benzene rings is 1. The molecule has 2 amide bonds. The summed E-state index contributed by atoms with van der Waals surface area (Å²) in [5.41, 5.74) is 7.17. The molecule has 0 aromatic heterocycles. The lowest BCUT2D eigenvalue weighted by atomic mass is 9.69. The third kappa shape index (κ3) is 3.44. The maximum atomic E-state index is 12.4. The molecule has 1 saturated heterocycles. The molecule has 3 N–H and O–H groups in total. The van der Waals surface area contributed by atoms with Gasteiger partial charge in [-0.25, -0.2) is 0 Å². The molecule has 6 heteroatoms. The molecule has 0 bridgehead atoms. The molecular weight excluding hydrogens is 306 g/mol. The number of nitrogens with one attached hydrogen (secondary N) is 1. The largest absolute Gasteiger partial charge is 0.383 e. The number of hydrogen-bond acceptors (Lipinski definition) is 4. The van der Waals surface area contributed by atoms with Crippen LogP contribution in [0.1, 0.15) is 24.8 Å². The first-order chi connectivity index (χ1) is 11.5. The normalized spacial score (nSPS) is 29.4. The zero-order valence-corrected chi connectivity index (χ0v) is 14.0. The van der Waals surface area contributed by atoms with Crippen molar-refractivity contribution in [3.05, 3.63) is 35.9 Å². The van der Waals surface area contributed by atoms with Gasteiger partial charge in [-0.2, -0.15) is 0 Å². The van der Waals surface area contributed by atoms with E-state index in [0.717, 1.165) is 18.4 Å². The van der Waals surface area contributed by atoms with Crippen LogP contribution in [0.4, 0.5) is 0 Å². The van der Waals surface area contributed by atoms with E-state index in [4.69, 9.17) is 10.5 Å². The van der Waals surface area contributed by atoms with Gasteiger partial charge in [-0.1, -0.05) is 30.3 Å². The van der Waals surface area contributed by atoms with Crippen LogP contribution in [0.25, 0.3) is 0 Å². The fourth-order valence-corrected chi connectivity index (χ4v) is 3.61. The van der Waals surface area contributed by atoms with Gasteiger partial charge in [0.1, 0.15) is 0 Å². The van der Waals surface area contributed by atoms with Crippen molar-refractivity contribution in [3.8, 4) is 0 Å². The number of carbonyl (C=O) groups excluding carboxylic acids is 2. The monoisotopic (exact) mass is 331 g/mol. The molecular formula is C18H25N3O3. The Bertz CT molecular complexity index is 599. The highest BCUT2D eigenvalue weighted by molar-refractivity contribution is 5.89. The van der Waals surface area contributed by atoms with Gasteiger partial charge in [0.05, 0.1) is 12.5 Å². The number of amides is 2. The highest BCUT2D eigenvalue weighted by atomic mass is 16.5. The second-order valence-electron chi connectivity index (χ2n) is 6.87. The van der Waals surface area contributed by atoms with Gasteiger partial charge >= 0.3 is 0 Å². The van der Waals surface area contributed by atoms with Crippen LogP contribution in [0.15, 0.2) is 30.3 Å². The molecule has 0 spiro atoms. The van der Waals surface area contributed by atoms with Gasteiger partial charge in [0, 0.05) is 38.2 Å². The van der Waals surface area contributed by atoms with Crippen molar-refractivity contribution in [2.24, 2.45) is 11.7 Å². The summed E-state index contributed by atoms with van der Waals surface area (Å²) in [5.74, 6) is -0.277. The topological polar surface area (TPSA) is 84.7 Å². The Hall–Kier alpha value is -1.92. The predicted molar refractivity (Wildman–Crippen MR) is 90.0 cm³/mol. The summed E-state index contributed by atoms with van der Waals surface area (Å²) < 4.78 is 5.00. The van der Waals surface area contributed by atoms with Gasteiger partial charge in [-0.3, -0.25) is 9.59 Å². The molecule has 1 atom stereocenters. The van der Waals surface area contributed by atoms with E-state index < -0.39 is 0 Å². The third-order valence-electron chi connectivity index (χ3n) is 5.07. The summed E-state index contributed by atoms with van der Waals surface area (Å²) in [6.45, 7) is 1.52. The average Bonchev–Trinajstić information content (AvgIpc) is 2.93. The van der Waals surface area contributed by atoms with Gasteiger partial charge in [-0.15, -0.1) is 0 Å². The molecule has 1 saturated carbocycles. The number of rotatable bonds is 6. The summed E-state index contributed by atoms with van der Waals surface area (Å²) >= 11 is 0. The van der Waals surface area contributed by atoms with Gasteiger partial charge < -0.3 is 20.7 Å². The number of methoxy groups -OCH3 is 1. The van der Waals surface area contributed by atoms with Crippen LogP contribution in [-0.2, 0) is 19.9 Å². The molecule has 2 aliphatic rings. The standard InChI is InChI=1S/C18H25N3O3/c1-24-8-7-21-12-13(9-16(21)22)17(23)20-15-10-18(19,11-15)14-5-3-2-4-6-14/h2-6,13,15H,7-12,19H2,1H3,(H,20,23). The maximum absolute atomic E-state index is 12.4. The first-order valence-electron chi connectivity index (χ1n) is 8.43. The molecule has 24 heavy (non-hydrogen) atoms. The fourth-order valence-electron chi connectivity index (χ4n) is 3.61. The van der Waals surface area contributed by atoms with Crippen molar-refractivity contribution in [1.82, 2.24) is 10.2 Å². The van der Waals surface area contributed by atoms with E-state index in [-0.39, 0.29) is 35.7 Å². The Morgan fingerprint density at radius 1 is 1.38 bits per heavy atom. The second kappa shape index (κ2) is 6.91. The van der Waals surface area contributed by atoms with Crippen LogP contribution in [0, 0.1) is 5.92 Å².